The highest BCUT2D eigenvalue weighted by Crippen LogP contribution is 2.41. The summed E-state index contributed by atoms with van der Waals surface area (Å²) in [6.07, 6.45) is 6.27. The number of morpholine rings is 1. The van der Waals surface area contributed by atoms with Gasteiger partial charge in [-0.25, -0.2) is 0 Å². The van der Waals surface area contributed by atoms with E-state index in [1.807, 2.05) is 18.2 Å². The molecule has 0 amide bonds. The molecule has 6 rings (SSSR count). The van der Waals surface area contributed by atoms with Crippen LogP contribution in [-0.4, -0.2) is 47.4 Å². The van der Waals surface area contributed by atoms with Crippen LogP contribution >= 0.6 is 0 Å². The Balaban J connectivity index is 1.32. The van der Waals surface area contributed by atoms with Crippen molar-refractivity contribution in [1.29, 1.82) is 5.26 Å². The Morgan fingerprint density at radius 2 is 1.84 bits per heavy atom. The molecule has 1 atom stereocenters. The van der Waals surface area contributed by atoms with Crippen LogP contribution in [0, 0.1) is 18.3 Å². The predicted molar refractivity (Wildman–Crippen MR) is 165 cm³/mol. The van der Waals surface area contributed by atoms with Crippen LogP contribution in [0.2, 0.25) is 0 Å². The number of nitriles is 1. The Hall–Kier alpha value is -4.22. The summed E-state index contributed by atoms with van der Waals surface area (Å²) < 4.78 is 18.8. The van der Waals surface area contributed by atoms with E-state index in [1.165, 1.54) is 27.8 Å². The molecule has 3 aromatic carbocycles. The highest BCUT2D eigenvalue weighted by Gasteiger charge is 2.29. The van der Waals surface area contributed by atoms with E-state index < -0.39 is 0 Å². The average molecular weight is 576 g/mol. The van der Waals surface area contributed by atoms with Crippen LogP contribution < -0.4 is 9.47 Å². The molecule has 0 unspecified atom stereocenters. The number of aliphatic hydroxyl groups is 1. The van der Waals surface area contributed by atoms with Gasteiger partial charge in [-0.05, 0) is 65.6 Å². The van der Waals surface area contributed by atoms with E-state index in [4.69, 9.17) is 14.2 Å². The lowest BCUT2D eigenvalue weighted by molar-refractivity contribution is -0.0316. The molecule has 1 aromatic heterocycles. The van der Waals surface area contributed by atoms with E-state index in [-0.39, 0.29) is 12.6 Å². The Morgan fingerprint density at radius 3 is 2.67 bits per heavy atom. The Bertz CT molecular complexity index is 1620. The molecule has 1 aliphatic heterocycles. The first kappa shape index (κ1) is 28.9. The van der Waals surface area contributed by atoms with Gasteiger partial charge in [0.25, 0.3) is 0 Å². The van der Waals surface area contributed by atoms with Crippen molar-refractivity contribution in [2.45, 2.75) is 52.0 Å². The Labute approximate surface area is 253 Å². The topological polar surface area (TPSA) is 87.8 Å². The number of benzene rings is 3. The van der Waals surface area contributed by atoms with Gasteiger partial charge in [-0.3, -0.25) is 9.88 Å². The summed E-state index contributed by atoms with van der Waals surface area (Å²) in [5, 5.41) is 19.4. The molecule has 7 nitrogen and oxygen atoms in total. The molecule has 1 N–H and O–H groups in total. The first-order valence-corrected chi connectivity index (χ1v) is 15.0. The number of fused-ring (bicyclic) bond motifs is 1. The smallest absolute Gasteiger partial charge is 0.128 e. The van der Waals surface area contributed by atoms with Crippen LogP contribution in [-0.2, 0) is 37.3 Å². The number of hydrogen-bond donors (Lipinski definition) is 1. The van der Waals surface area contributed by atoms with E-state index in [9.17, 15) is 10.4 Å². The predicted octanol–water partition coefficient (Wildman–Crippen LogP) is 5.77. The van der Waals surface area contributed by atoms with E-state index in [0.29, 0.717) is 38.5 Å². The number of aliphatic hydroxyl groups excluding tert-OH is 1. The molecule has 1 fully saturated rings. The van der Waals surface area contributed by atoms with E-state index in [1.54, 1.807) is 12.4 Å². The van der Waals surface area contributed by atoms with Crippen molar-refractivity contribution < 1.29 is 19.3 Å². The minimum absolute atomic E-state index is 0.0492. The van der Waals surface area contributed by atoms with Crippen molar-refractivity contribution in [3.8, 4) is 28.7 Å². The number of nitrogens with zero attached hydrogens (tertiary/aromatic N) is 3. The van der Waals surface area contributed by atoms with Crippen molar-refractivity contribution >= 4 is 0 Å². The van der Waals surface area contributed by atoms with Gasteiger partial charge in [0.05, 0.1) is 31.4 Å². The third kappa shape index (κ3) is 6.42. The molecule has 0 bridgehead atoms. The van der Waals surface area contributed by atoms with Gasteiger partial charge in [0.15, 0.2) is 0 Å². The van der Waals surface area contributed by atoms with Gasteiger partial charge in [0.1, 0.15) is 30.8 Å². The fourth-order valence-electron chi connectivity index (χ4n) is 6.20. The quantitative estimate of drug-likeness (QED) is 0.257. The zero-order chi connectivity index (χ0) is 29.6. The highest BCUT2D eigenvalue weighted by atomic mass is 16.5. The second kappa shape index (κ2) is 13.4. The van der Waals surface area contributed by atoms with Crippen LogP contribution in [0.15, 0.2) is 73.1 Å². The fraction of sp³-hybridized carbons (Fsp3) is 0.333. The molecular formula is C36H37N3O4. The maximum Gasteiger partial charge on any atom is 0.128 e. The van der Waals surface area contributed by atoms with E-state index in [2.05, 4.69) is 65.3 Å². The van der Waals surface area contributed by atoms with E-state index in [0.717, 1.165) is 54.0 Å². The molecule has 4 aromatic rings. The summed E-state index contributed by atoms with van der Waals surface area (Å²) in [7, 11) is 0. The maximum atomic E-state index is 10.0. The highest BCUT2D eigenvalue weighted by molar-refractivity contribution is 5.68. The molecule has 2 heterocycles. The SMILES string of the molecule is Cc1c(COc2cc(OCc3cncc(C#N)c3)c(CN3CCOC[C@H]3CO)c3c2CCC3)cccc1-c1ccccc1. The number of rotatable bonds is 10. The second-order valence-corrected chi connectivity index (χ2v) is 11.3. The third-order valence-electron chi connectivity index (χ3n) is 8.59. The van der Waals surface area contributed by atoms with Gasteiger partial charge in [0, 0.05) is 42.7 Å². The first-order valence-electron chi connectivity index (χ1n) is 15.0. The second-order valence-electron chi connectivity index (χ2n) is 11.3. The Morgan fingerprint density at radius 1 is 1.00 bits per heavy atom. The maximum absolute atomic E-state index is 10.0. The molecular weight excluding hydrogens is 538 g/mol. The summed E-state index contributed by atoms with van der Waals surface area (Å²) in [5.41, 5.74) is 9.80. The zero-order valence-electron chi connectivity index (χ0n) is 24.6. The molecule has 0 radical (unpaired) electrons. The lowest BCUT2D eigenvalue weighted by Crippen LogP contribution is -2.47. The summed E-state index contributed by atoms with van der Waals surface area (Å²) in [4.78, 5) is 6.50. The lowest BCUT2D eigenvalue weighted by Gasteiger charge is -2.35. The number of hydrogen-bond acceptors (Lipinski definition) is 7. The standard InChI is InChI=1S/C36H37N3O4/c1-25-29(9-5-10-31(25)28-7-3-2-4-8-28)23-43-35-16-36(42-22-27-15-26(17-37)18-38-19-27)34(32-11-6-12-33(32)35)20-39-13-14-41-24-30(39)21-40/h2-5,7-10,15-16,18-19,30,40H,6,11-14,20-24H2,1H3/t30-/m1/s1. The van der Waals surface area contributed by atoms with Gasteiger partial charge < -0.3 is 19.3 Å². The molecule has 0 spiro atoms. The van der Waals surface area contributed by atoms with Gasteiger partial charge in [0.2, 0.25) is 0 Å². The molecule has 1 saturated heterocycles. The normalized spacial score (nSPS) is 16.4. The molecule has 1 aliphatic carbocycles. The summed E-state index contributed by atoms with van der Waals surface area (Å²) in [6, 6.07) is 22.8. The van der Waals surface area contributed by atoms with Crippen molar-refractivity contribution in [2.75, 3.05) is 26.4 Å². The number of pyridine rings is 1. The van der Waals surface area contributed by atoms with Crippen molar-refractivity contribution in [3.05, 3.63) is 112 Å². The van der Waals surface area contributed by atoms with Gasteiger partial charge in [-0.1, -0.05) is 48.5 Å². The van der Waals surface area contributed by atoms with Gasteiger partial charge in [-0.2, -0.15) is 5.26 Å². The fourth-order valence-corrected chi connectivity index (χ4v) is 6.20. The minimum Gasteiger partial charge on any atom is -0.488 e. The first-order chi connectivity index (χ1) is 21.1. The van der Waals surface area contributed by atoms with Crippen molar-refractivity contribution in [1.82, 2.24) is 9.88 Å². The van der Waals surface area contributed by atoms with Crippen LogP contribution in [0.1, 0.15) is 45.4 Å². The Kier molecular flexibility index (Phi) is 8.99. The van der Waals surface area contributed by atoms with Crippen LogP contribution in [0.25, 0.3) is 11.1 Å². The van der Waals surface area contributed by atoms with Crippen LogP contribution in [0.3, 0.4) is 0 Å². The van der Waals surface area contributed by atoms with Gasteiger partial charge >= 0.3 is 0 Å². The number of aromatic nitrogens is 1. The summed E-state index contributed by atoms with van der Waals surface area (Å²) in [6.45, 7) is 5.54. The zero-order valence-corrected chi connectivity index (χ0v) is 24.6. The average Bonchev–Trinajstić information content (AvgIpc) is 3.55. The summed E-state index contributed by atoms with van der Waals surface area (Å²) in [5.74, 6) is 1.64. The molecule has 0 saturated carbocycles. The van der Waals surface area contributed by atoms with Crippen molar-refractivity contribution in [3.63, 3.8) is 0 Å². The minimum atomic E-state index is -0.0500. The van der Waals surface area contributed by atoms with Crippen molar-refractivity contribution in [2.24, 2.45) is 0 Å². The number of ether oxygens (including phenoxy) is 3. The van der Waals surface area contributed by atoms with E-state index >= 15 is 0 Å². The summed E-state index contributed by atoms with van der Waals surface area (Å²) >= 11 is 0. The lowest BCUT2D eigenvalue weighted by atomic mass is 9.96. The van der Waals surface area contributed by atoms with Crippen LogP contribution in [0.4, 0.5) is 0 Å². The molecule has 2 aliphatic rings. The molecule has 220 valence electrons. The molecule has 7 heteroatoms. The largest absolute Gasteiger partial charge is 0.488 e. The van der Waals surface area contributed by atoms with Gasteiger partial charge in [-0.15, -0.1) is 0 Å². The third-order valence-corrected chi connectivity index (χ3v) is 8.59. The van der Waals surface area contributed by atoms with Crippen LogP contribution in [0.5, 0.6) is 11.5 Å². The molecule has 43 heavy (non-hydrogen) atoms. The monoisotopic (exact) mass is 575 g/mol.